The Hall–Kier alpha value is -2.18. The molecule has 0 aliphatic carbocycles. The molecule has 1 unspecified atom stereocenters. The minimum atomic E-state index is -0.488. The Bertz CT molecular complexity index is 896. The molecular formula is C20H24N2O4. The number of morpholine rings is 1. The summed E-state index contributed by atoms with van der Waals surface area (Å²) in [6.45, 7) is 6.06. The van der Waals surface area contributed by atoms with Crippen molar-refractivity contribution in [3.63, 3.8) is 0 Å². The van der Waals surface area contributed by atoms with Crippen molar-refractivity contribution in [2.45, 2.75) is 37.9 Å². The molecule has 2 saturated heterocycles. The summed E-state index contributed by atoms with van der Waals surface area (Å²) in [5, 5.41) is 0.529. The number of aromatic amines is 1. The predicted octanol–water partition coefficient (Wildman–Crippen LogP) is 2.33. The third kappa shape index (κ3) is 3.04. The highest BCUT2D eigenvalue weighted by Crippen LogP contribution is 2.35. The number of hydrogen-bond acceptors (Lipinski definition) is 4. The number of pyridine rings is 1. The van der Waals surface area contributed by atoms with Crippen molar-refractivity contribution in [3.8, 4) is 0 Å². The number of para-hydroxylation sites is 1. The van der Waals surface area contributed by atoms with Gasteiger partial charge in [0.2, 0.25) is 5.43 Å². The number of hydrogen-bond donors (Lipinski definition) is 1. The molecule has 6 heteroatoms. The average Bonchev–Trinajstić information content (AvgIpc) is 2.61. The van der Waals surface area contributed by atoms with Gasteiger partial charge in [0.1, 0.15) is 11.2 Å². The quantitative estimate of drug-likeness (QED) is 0.851. The largest absolute Gasteiger partial charge is 0.378 e. The second-order valence-electron chi connectivity index (χ2n) is 7.94. The number of rotatable bonds is 1. The van der Waals surface area contributed by atoms with Crippen LogP contribution in [0.25, 0.3) is 10.9 Å². The number of carbonyl (C=O) groups excluding carboxylic acids is 1. The minimum Gasteiger partial charge on any atom is -0.378 e. The zero-order valence-corrected chi connectivity index (χ0v) is 15.2. The summed E-state index contributed by atoms with van der Waals surface area (Å²) in [6, 6.07) is 7.23. The van der Waals surface area contributed by atoms with Gasteiger partial charge in [0.05, 0.1) is 18.8 Å². The summed E-state index contributed by atoms with van der Waals surface area (Å²) < 4.78 is 12.0. The number of nitrogens with zero attached hydrogens (tertiary/aromatic N) is 1. The van der Waals surface area contributed by atoms with Crippen molar-refractivity contribution in [3.05, 3.63) is 46.2 Å². The van der Waals surface area contributed by atoms with E-state index in [0.717, 1.165) is 25.0 Å². The average molecular weight is 356 g/mol. The van der Waals surface area contributed by atoms with Crippen LogP contribution in [0, 0.1) is 0 Å². The second kappa shape index (κ2) is 6.21. The maximum Gasteiger partial charge on any atom is 0.259 e. The van der Waals surface area contributed by atoms with E-state index in [1.54, 1.807) is 17.0 Å². The summed E-state index contributed by atoms with van der Waals surface area (Å²) in [7, 11) is 0. The molecule has 138 valence electrons. The molecule has 3 heterocycles. The fourth-order valence-corrected chi connectivity index (χ4v) is 4.19. The van der Waals surface area contributed by atoms with E-state index in [1.165, 1.54) is 6.20 Å². The highest BCUT2D eigenvalue weighted by atomic mass is 16.6. The summed E-state index contributed by atoms with van der Waals surface area (Å²) in [5.41, 5.74) is -0.304. The Morgan fingerprint density at radius 2 is 2.04 bits per heavy atom. The first-order valence-corrected chi connectivity index (χ1v) is 9.07. The maximum atomic E-state index is 13.2. The standard InChI is InChI=1S/C20H24N2O4/c1-19(2)11-22(12-20(26-19)8-5-9-25-13-20)18(24)15-10-21-16-7-4-3-6-14(16)17(15)23/h3-4,6-7,10H,5,8-9,11-13H2,1-2H3,(H,21,23). The Labute approximate surface area is 152 Å². The lowest BCUT2D eigenvalue weighted by Crippen LogP contribution is -2.63. The van der Waals surface area contributed by atoms with E-state index in [2.05, 4.69) is 4.98 Å². The fraction of sp³-hybridized carbons (Fsp3) is 0.500. The Balaban J connectivity index is 1.69. The summed E-state index contributed by atoms with van der Waals surface area (Å²) in [6.07, 6.45) is 3.29. The van der Waals surface area contributed by atoms with Crippen LogP contribution in [-0.4, -0.2) is 53.3 Å². The number of aromatic nitrogens is 1. The summed E-state index contributed by atoms with van der Waals surface area (Å²) in [4.78, 5) is 30.8. The zero-order chi connectivity index (χ0) is 18.4. The van der Waals surface area contributed by atoms with Crippen LogP contribution in [0.1, 0.15) is 37.0 Å². The van der Waals surface area contributed by atoms with Crippen molar-refractivity contribution in [1.29, 1.82) is 0 Å². The Kier molecular flexibility index (Phi) is 4.12. The molecule has 1 aromatic heterocycles. The second-order valence-corrected chi connectivity index (χ2v) is 7.94. The van der Waals surface area contributed by atoms with Crippen LogP contribution in [0.15, 0.2) is 35.3 Å². The van der Waals surface area contributed by atoms with Crippen LogP contribution in [-0.2, 0) is 9.47 Å². The maximum absolute atomic E-state index is 13.2. The van der Waals surface area contributed by atoms with Crippen molar-refractivity contribution >= 4 is 16.8 Å². The molecular weight excluding hydrogens is 332 g/mol. The minimum absolute atomic E-state index is 0.174. The smallest absolute Gasteiger partial charge is 0.259 e. The monoisotopic (exact) mass is 356 g/mol. The van der Waals surface area contributed by atoms with Crippen LogP contribution in [0.4, 0.5) is 0 Å². The number of amides is 1. The Morgan fingerprint density at radius 3 is 2.81 bits per heavy atom. The van der Waals surface area contributed by atoms with E-state index < -0.39 is 11.2 Å². The normalized spacial score (nSPS) is 25.5. The van der Waals surface area contributed by atoms with E-state index in [-0.39, 0.29) is 16.9 Å². The lowest BCUT2D eigenvalue weighted by Gasteiger charge is -2.51. The van der Waals surface area contributed by atoms with Gasteiger partial charge in [0.15, 0.2) is 0 Å². The molecule has 4 rings (SSSR count). The first kappa shape index (κ1) is 17.2. The van der Waals surface area contributed by atoms with Crippen molar-refractivity contribution in [2.24, 2.45) is 0 Å². The molecule has 2 aromatic rings. The lowest BCUT2D eigenvalue weighted by molar-refractivity contribution is -0.225. The number of fused-ring (bicyclic) bond motifs is 1. The SMILES string of the molecule is CC1(C)CN(C(=O)c2c[nH]c3ccccc3c2=O)CC2(CCCOC2)O1. The lowest BCUT2D eigenvalue weighted by atomic mass is 9.90. The molecule has 1 atom stereocenters. The first-order chi connectivity index (χ1) is 12.4. The molecule has 1 amide bonds. The number of H-pyrrole nitrogens is 1. The van der Waals surface area contributed by atoms with Gasteiger partial charge in [-0.3, -0.25) is 9.59 Å². The van der Waals surface area contributed by atoms with E-state index in [1.807, 2.05) is 26.0 Å². The fourth-order valence-electron chi connectivity index (χ4n) is 4.19. The van der Waals surface area contributed by atoms with Gasteiger partial charge >= 0.3 is 0 Å². The molecule has 0 bridgehead atoms. The number of nitrogens with one attached hydrogen (secondary N) is 1. The molecule has 2 aliphatic heterocycles. The summed E-state index contributed by atoms with van der Waals surface area (Å²) >= 11 is 0. The Morgan fingerprint density at radius 1 is 1.23 bits per heavy atom. The van der Waals surface area contributed by atoms with E-state index >= 15 is 0 Å². The van der Waals surface area contributed by atoms with E-state index in [4.69, 9.17) is 9.47 Å². The number of carbonyl (C=O) groups is 1. The zero-order valence-electron chi connectivity index (χ0n) is 15.2. The molecule has 1 spiro atoms. The van der Waals surface area contributed by atoms with Gasteiger partial charge in [0, 0.05) is 30.3 Å². The molecule has 2 aliphatic rings. The third-order valence-electron chi connectivity index (χ3n) is 5.14. The molecule has 6 nitrogen and oxygen atoms in total. The molecule has 26 heavy (non-hydrogen) atoms. The van der Waals surface area contributed by atoms with E-state index in [9.17, 15) is 9.59 Å². The molecule has 2 fully saturated rings. The number of benzene rings is 1. The van der Waals surface area contributed by atoms with Crippen LogP contribution >= 0.6 is 0 Å². The predicted molar refractivity (Wildman–Crippen MR) is 98.4 cm³/mol. The molecule has 0 radical (unpaired) electrons. The topological polar surface area (TPSA) is 71.6 Å². The molecule has 1 aromatic carbocycles. The van der Waals surface area contributed by atoms with Crippen LogP contribution in [0.3, 0.4) is 0 Å². The highest BCUT2D eigenvalue weighted by Gasteiger charge is 2.47. The van der Waals surface area contributed by atoms with Crippen molar-refractivity contribution in [2.75, 3.05) is 26.3 Å². The number of ether oxygens (including phenoxy) is 2. The van der Waals surface area contributed by atoms with Gasteiger partial charge in [-0.2, -0.15) is 0 Å². The van der Waals surface area contributed by atoms with Gasteiger partial charge in [0.25, 0.3) is 5.91 Å². The molecule has 0 saturated carbocycles. The highest BCUT2D eigenvalue weighted by molar-refractivity contribution is 5.97. The van der Waals surface area contributed by atoms with Crippen molar-refractivity contribution in [1.82, 2.24) is 9.88 Å². The van der Waals surface area contributed by atoms with Crippen LogP contribution in [0.2, 0.25) is 0 Å². The van der Waals surface area contributed by atoms with Gasteiger partial charge in [-0.05, 0) is 38.8 Å². The first-order valence-electron chi connectivity index (χ1n) is 9.07. The van der Waals surface area contributed by atoms with E-state index in [0.29, 0.717) is 25.1 Å². The van der Waals surface area contributed by atoms with Gasteiger partial charge in [-0.15, -0.1) is 0 Å². The van der Waals surface area contributed by atoms with Gasteiger partial charge in [-0.1, -0.05) is 12.1 Å². The van der Waals surface area contributed by atoms with Gasteiger partial charge < -0.3 is 19.4 Å². The van der Waals surface area contributed by atoms with Crippen LogP contribution in [0.5, 0.6) is 0 Å². The van der Waals surface area contributed by atoms with Crippen LogP contribution < -0.4 is 5.43 Å². The van der Waals surface area contributed by atoms with Gasteiger partial charge in [-0.25, -0.2) is 0 Å². The van der Waals surface area contributed by atoms with Crippen molar-refractivity contribution < 1.29 is 14.3 Å². The summed E-state index contributed by atoms with van der Waals surface area (Å²) in [5.74, 6) is -0.252. The molecule has 1 N–H and O–H groups in total. The third-order valence-corrected chi connectivity index (χ3v) is 5.14.